The number of aryl methyl sites for hydroxylation is 2. The lowest BCUT2D eigenvalue weighted by Gasteiger charge is -2.35. The smallest absolute Gasteiger partial charge is 0.145 e. The van der Waals surface area contributed by atoms with Crippen molar-refractivity contribution in [3.05, 3.63) is 233 Å². The molecule has 0 fully saturated rings. The van der Waals surface area contributed by atoms with Crippen LogP contribution in [0.25, 0.3) is 33.1 Å². The molecule has 4 nitrogen and oxygen atoms in total. The maximum Gasteiger partial charge on any atom is 0.145 e. The molecule has 0 saturated carbocycles. The third-order valence-electron chi connectivity index (χ3n) is 15.6. The monoisotopic (exact) mass is 999 g/mol. The van der Waals surface area contributed by atoms with Gasteiger partial charge in [-0.2, -0.15) is 0 Å². The predicted molar refractivity (Wildman–Crippen MR) is 322 cm³/mol. The molecule has 10 aromatic rings. The van der Waals surface area contributed by atoms with Gasteiger partial charge >= 0.3 is 0 Å². The fourth-order valence-corrected chi connectivity index (χ4v) is 13.4. The van der Waals surface area contributed by atoms with Crippen LogP contribution in [0.2, 0.25) is 32.7 Å². The van der Waals surface area contributed by atoms with Crippen LogP contribution >= 0.6 is 0 Å². The Balaban J connectivity index is 1.26. The molecule has 1 atom stereocenters. The van der Waals surface area contributed by atoms with Gasteiger partial charge in [0.1, 0.15) is 11.2 Å². The third kappa shape index (κ3) is 8.42. The van der Waals surface area contributed by atoms with Gasteiger partial charge in [-0.05, 0) is 143 Å². The fraction of sp³-hybridized carbons (Fsp3) is 0.221. The van der Waals surface area contributed by atoms with E-state index in [2.05, 4.69) is 273 Å². The molecule has 2 aromatic heterocycles. The van der Waals surface area contributed by atoms with Gasteiger partial charge in [-0.3, -0.25) is 4.98 Å². The summed E-state index contributed by atoms with van der Waals surface area (Å²) in [6.07, 6.45) is 2.04. The van der Waals surface area contributed by atoms with E-state index in [1.54, 1.807) is 0 Å². The second kappa shape index (κ2) is 18.6. The first-order valence-corrected chi connectivity index (χ1v) is 33.0. The van der Waals surface area contributed by atoms with E-state index in [1.807, 2.05) is 6.20 Å². The Morgan fingerprint density at radius 2 is 1.18 bits per heavy atom. The zero-order chi connectivity index (χ0) is 51.8. The van der Waals surface area contributed by atoms with Crippen LogP contribution in [0.3, 0.4) is 0 Å². The first kappa shape index (κ1) is 49.0. The Hall–Kier alpha value is -7.26. The van der Waals surface area contributed by atoms with Gasteiger partial charge in [0.15, 0.2) is 0 Å². The van der Waals surface area contributed by atoms with Crippen molar-refractivity contribution in [3.8, 4) is 11.1 Å². The highest BCUT2D eigenvalue weighted by atomic mass is 28.3. The maximum absolute atomic E-state index is 7.36. The average molecular weight is 1000 g/mol. The molecule has 0 spiro atoms. The number of anilines is 6. The van der Waals surface area contributed by atoms with Crippen molar-refractivity contribution in [2.75, 3.05) is 9.80 Å². The van der Waals surface area contributed by atoms with Crippen LogP contribution in [0.15, 0.2) is 193 Å². The zero-order valence-electron chi connectivity index (χ0n) is 45.3. The first-order valence-electron chi connectivity index (χ1n) is 26.6. The molecule has 0 bridgehead atoms. The van der Waals surface area contributed by atoms with Crippen LogP contribution in [-0.4, -0.2) is 21.9 Å². The predicted octanol–water partition coefficient (Wildman–Crippen LogP) is 17.6. The van der Waals surface area contributed by atoms with Crippen molar-refractivity contribution in [1.82, 2.24) is 4.98 Å². The van der Waals surface area contributed by atoms with Crippen molar-refractivity contribution in [2.24, 2.45) is 0 Å². The normalized spacial score (nSPS) is 14.5. The summed E-state index contributed by atoms with van der Waals surface area (Å²) < 4.78 is 7.36. The first-order chi connectivity index (χ1) is 35.4. The number of nitrogens with zero attached hydrogens (tertiary/aromatic N) is 3. The third-order valence-corrected chi connectivity index (χ3v) is 19.4. The van der Waals surface area contributed by atoms with Crippen molar-refractivity contribution in [3.63, 3.8) is 0 Å². The molecule has 74 heavy (non-hydrogen) atoms. The number of pyridine rings is 1. The number of benzene rings is 8. The van der Waals surface area contributed by atoms with Crippen LogP contribution in [-0.2, 0) is 10.8 Å². The summed E-state index contributed by atoms with van der Waals surface area (Å²) in [5.41, 5.74) is 19.0. The van der Waals surface area contributed by atoms with E-state index in [1.165, 1.54) is 32.6 Å². The number of hydrogen-bond donors (Lipinski definition) is 0. The molecule has 1 aliphatic carbocycles. The molecule has 11 rings (SSSR count). The van der Waals surface area contributed by atoms with Crippen molar-refractivity contribution >= 4 is 83.3 Å². The zero-order valence-corrected chi connectivity index (χ0v) is 47.5. The summed E-state index contributed by atoms with van der Waals surface area (Å²) in [6, 6.07) is 69.0. The molecule has 0 aliphatic heterocycles. The maximum atomic E-state index is 7.36. The number of aromatic nitrogens is 1. The van der Waals surface area contributed by atoms with E-state index < -0.39 is 22.3 Å². The number of rotatable bonds is 11. The average Bonchev–Trinajstić information content (AvgIpc) is 3.91. The van der Waals surface area contributed by atoms with Gasteiger partial charge in [-0.25, -0.2) is 0 Å². The number of para-hydroxylation sites is 1. The largest absolute Gasteiger partial charge is 0.455 e. The number of hydrogen-bond acceptors (Lipinski definition) is 4. The van der Waals surface area contributed by atoms with Crippen LogP contribution in [0, 0.1) is 13.8 Å². The Labute approximate surface area is 442 Å². The Morgan fingerprint density at radius 1 is 0.595 bits per heavy atom. The van der Waals surface area contributed by atoms with Gasteiger partial charge in [0, 0.05) is 45.6 Å². The minimum atomic E-state index is -1.57. The van der Waals surface area contributed by atoms with Gasteiger partial charge < -0.3 is 14.2 Å². The highest BCUT2D eigenvalue weighted by molar-refractivity contribution is 6.88. The van der Waals surface area contributed by atoms with Gasteiger partial charge in [0.05, 0.1) is 39.1 Å². The second-order valence-corrected chi connectivity index (χ2v) is 31.5. The molecule has 0 radical (unpaired) electrons. The van der Waals surface area contributed by atoms with E-state index in [-0.39, 0.29) is 5.41 Å². The van der Waals surface area contributed by atoms with Gasteiger partial charge in [0.25, 0.3) is 0 Å². The number of fused-ring (bicyclic) bond motifs is 7. The SMILES string of the molecule is Cc1ccc(C2(c3ccc(C)cn3)c3cc(N(c4ccc(C(C)(C)C)cc4)c4ccc([Si](C)(C)C)cc4)ccc3-c3c2cc(N(c2ccc(C(C)C)cc2)c2ccc([SiH](C)C)cc2)c2c3oc3ccccc32)cc1. The Morgan fingerprint density at radius 3 is 1.77 bits per heavy atom. The molecule has 1 aliphatic rings. The van der Waals surface area contributed by atoms with Crippen LogP contribution in [0.5, 0.6) is 0 Å². The van der Waals surface area contributed by atoms with E-state index in [0.717, 1.165) is 89.6 Å². The lowest BCUT2D eigenvalue weighted by Crippen LogP contribution is -2.37. The summed E-state index contributed by atoms with van der Waals surface area (Å²) in [5.74, 6) is 0.404. The summed E-state index contributed by atoms with van der Waals surface area (Å²) in [4.78, 5) is 10.4. The summed E-state index contributed by atoms with van der Waals surface area (Å²) in [5, 5.41) is 5.05. The highest BCUT2D eigenvalue weighted by Crippen LogP contribution is 2.61. The lowest BCUT2D eigenvalue weighted by atomic mass is 9.69. The Bertz CT molecular complexity index is 3520. The van der Waals surface area contributed by atoms with E-state index in [9.17, 15) is 0 Å². The molecular formula is C68H69N3OSi2. The molecular weight excluding hydrogens is 931 g/mol. The Kier molecular flexibility index (Phi) is 12.3. The fourth-order valence-electron chi connectivity index (χ4n) is 11.3. The molecule has 1 unspecified atom stereocenters. The molecule has 8 aromatic carbocycles. The summed E-state index contributed by atoms with van der Waals surface area (Å²) >= 11 is 0. The minimum Gasteiger partial charge on any atom is -0.455 e. The van der Waals surface area contributed by atoms with Crippen molar-refractivity contribution in [1.29, 1.82) is 0 Å². The summed E-state index contributed by atoms with van der Waals surface area (Å²) in [6.45, 7) is 27.8. The van der Waals surface area contributed by atoms with Crippen LogP contribution in [0.1, 0.15) is 85.2 Å². The molecule has 2 heterocycles. The molecule has 370 valence electrons. The standard InChI is InChI=1S/C68H69N3OSi2/c1-44(2)47-20-26-52(27-21-47)71(53-30-35-55(36-31-53)73(8)9)61-42-60-64(66-65(61)58-15-13-14-16-62(58)72-66)57-39-34-54(41-59(57)68(60,49-22-17-45(3)18-23-49)63-40-19-46(4)43-69-63)70(50-28-24-48(25-29-50)67(5,6)7)51-32-37-56(38-33-51)74(10,11)12/h13-44,73H,1-12H3. The molecule has 0 amide bonds. The van der Waals surface area contributed by atoms with E-state index >= 15 is 0 Å². The highest BCUT2D eigenvalue weighted by Gasteiger charge is 2.50. The minimum absolute atomic E-state index is 0.0173. The molecule has 0 N–H and O–H groups in total. The quantitative estimate of drug-likeness (QED) is 0.121. The molecule has 0 saturated heterocycles. The van der Waals surface area contributed by atoms with Gasteiger partial charge in [-0.15, -0.1) is 0 Å². The van der Waals surface area contributed by atoms with Crippen molar-refractivity contribution < 1.29 is 4.42 Å². The molecule has 6 heteroatoms. The lowest BCUT2D eigenvalue weighted by molar-refractivity contribution is 0.590. The summed E-state index contributed by atoms with van der Waals surface area (Å²) in [7, 11) is -2.64. The van der Waals surface area contributed by atoms with Crippen molar-refractivity contribution in [2.45, 2.75) is 97.9 Å². The van der Waals surface area contributed by atoms with Crippen LogP contribution in [0.4, 0.5) is 34.1 Å². The van der Waals surface area contributed by atoms with Gasteiger partial charge in [0.2, 0.25) is 0 Å². The van der Waals surface area contributed by atoms with Gasteiger partial charge in [-0.1, -0.05) is 186 Å². The van der Waals surface area contributed by atoms with Crippen LogP contribution < -0.4 is 20.2 Å². The topological polar surface area (TPSA) is 32.5 Å². The van der Waals surface area contributed by atoms with E-state index in [0.29, 0.717) is 5.92 Å². The second-order valence-electron chi connectivity index (χ2n) is 23.4. The number of furan rings is 1. The van der Waals surface area contributed by atoms with E-state index in [4.69, 9.17) is 9.40 Å².